The first-order valence-corrected chi connectivity index (χ1v) is 5.72. The van der Waals surface area contributed by atoms with Crippen molar-refractivity contribution < 1.29 is 5.11 Å². The van der Waals surface area contributed by atoms with E-state index in [1.165, 1.54) is 0 Å². The van der Waals surface area contributed by atoms with Gasteiger partial charge < -0.3 is 10.0 Å². The first-order chi connectivity index (χ1) is 8.61. The number of phenols is 1. The number of rotatable bonds is 2. The average Bonchev–Trinajstić information content (AvgIpc) is 2.39. The van der Waals surface area contributed by atoms with Gasteiger partial charge in [-0.05, 0) is 42.5 Å². The van der Waals surface area contributed by atoms with Gasteiger partial charge in [-0.2, -0.15) is 5.26 Å². The normalized spacial score (nSPS) is 9.83. The van der Waals surface area contributed by atoms with Gasteiger partial charge >= 0.3 is 0 Å². The van der Waals surface area contributed by atoms with E-state index in [4.69, 9.17) is 16.9 Å². The van der Waals surface area contributed by atoms with E-state index in [9.17, 15) is 5.11 Å². The van der Waals surface area contributed by atoms with Gasteiger partial charge in [0.05, 0.1) is 11.3 Å². The van der Waals surface area contributed by atoms with E-state index < -0.39 is 0 Å². The molecule has 0 atom stereocenters. The molecule has 0 radical (unpaired) electrons. The lowest BCUT2D eigenvalue weighted by atomic mass is 10.1. The fraction of sp³-hybridized carbons (Fsp3) is 0.0714. The second kappa shape index (κ2) is 4.99. The minimum absolute atomic E-state index is 0.207. The Labute approximate surface area is 110 Å². The lowest BCUT2D eigenvalue weighted by Crippen LogP contribution is -2.10. The van der Waals surface area contributed by atoms with Crippen LogP contribution in [0.3, 0.4) is 0 Å². The summed E-state index contributed by atoms with van der Waals surface area (Å²) in [5.41, 5.74) is 2.15. The van der Waals surface area contributed by atoms with E-state index in [0.717, 1.165) is 11.4 Å². The van der Waals surface area contributed by atoms with Crippen molar-refractivity contribution >= 4 is 23.0 Å². The summed E-state index contributed by atoms with van der Waals surface area (Å²) < 4.78 is 0. The van der Waals surface area contributed by atoms with Crippen molar-refractivity contribution in [2.45, 2.75) is 0 Å². The van der Waals surface area contributed by atoms with Gasteiger partial charge in [0.15, 0.2) is 0 Å². The predicted octanol–water partition coefficient (Wildman–Crippen LogP) is 3.69. The van der Waals surface area contributed by atoms with E-state index in [2.05, 4.69) is 6.07 Å². The second-order valence-electron chi connectivity index (χ2n) is 3.85. The molecule has 0 bridgehead atoms. The molecule has 1 N–H and O–H groups in total. The van der Waals surface area contributed by atoms with Crippen molar-refractivity contribution in [1.82, 2.24) is 0 Å². The first kappa shape index (κ1) is 12.3. The molecule has 0 saturated carbocycles. The van der Waals surface area contributed by atoms with Crippen LogP contribution in [0.25, 0.3) is 0 Å². The van der Waals surface area contributed by atoms with Gasteiger partial charge in [0.2, 0.25) is 0 Å². The van der Waals surface area contributed by atoms with Gasteiger partial charge in [0.1, 0.15) is 11.8 Å². The number of nitrogens with zero attached hydrogens (tertiary/aromatic N) is 2. The molecule has 2 aromatic rings. The molecular weight excluding hydrogens is 248 g/mol. The summed E-state index contributed by atoms with van der Waals surface area (Å²) in [6.07, 6.45) is 0. The highest BCUT2D eigenvalue weighted by molar-refractivity contribution is 6.30. The quantitative estimate of drug-likeness (QED) is 0.894. The highest BCUT2D eigenvalue weighted by Gasteiger charge is 2.09. The zero-order valence-corrected chi connectivity index (χ0v) is 10.5. The van der Waals surface area contributed by atoms with Gasteiger partial charge in [-0.1, -0.05) is 11.6 Å². The highest BCUT2D eigenvalue weighted by atomic mass is 35.5. The van der Waals surface area contributed by atoms with Crippen molar-refractivity contribution in [2.75, 3.05) is 11.9 Å². The standard InChI is InChI=1S/C14H11ClN2O/c1-17(12-4-6-13(18)7-5-12)14-8-11(15)3-2-10(14)9-16/h2-8,18H,1H3. The van der Waals surface area contributed by atoms with Crippen molar-refractivity contribution in [3.63, 3.8) is 0 Å². The number of aromatic hydroxyl groups is 1. The molecule has 18 heavy (non-hydrogen) atoms. The molecule has 0 spiro atoms. The predicted molar refractivity (Wildman–Crippen MR) is 72.3 cm³/mol. The van der Waals surface area contributed by atoms with Gasteiger partial charge in [0, 0.05) is 17.8 Å². The summed E-state index contributed by atoms with van der Waals surface area (Å²) in [5.74, 6) is 0.207. The van der Waals surface area contributed by atoms with Gasteiger partial charge in [-0.25, -0.2) is 0 Å². The third-order valence-electron chi connectivity index (χ3n) is 2.68. The van der Waals surface area contributed by atoms with Crippen LogP contribution >= 0.6 is 11.6 Å². The summed E-state index contributed by atoms with van der Waals surface area (Å²) in [6.45, 7) is 0. The van der Waals surface area contributed by atoms with Crippen LogP contribution in [0.5, 0.6) is 5.75 Å². The number of anilines is 2. The van der Waals surface area contributed by atoms with Crippen LogP contribution in [-0.4, -0.2) is 12.2 Å². The average molecular weight is 259 g/mol. The van der Waals surface area contributed by atoms with Crippen molar-refractivity contribution in [3.05, 3.63) is 53.1 Å². The fourth-order valence-electron chi connectivity index (χ4n) is 1.69. The molecule has 0 unspecified atom stereocenters. The van der Waals surface area contributed by atoms with E-state index in [0.29, 0.717) is 10.6 Å². The summed E-state index contributed by atoms with van der Waals surface area (Å²) in [6, 6.07) is 14.0. The Balaban J connectivity index is 2.45. The van der Waals surface area contributed by atoms with E-state index in [1.807, 2.05) is 11.9 Å². The molecule has 2 aromatic carbocycles. The van der Waals surface area contributed by atoms with Crippen LogP contribution in [0, 0.1) is 11.3 Å². The Bertz CT molecular complexity index is 602. The maximum Gasteiger partial charge on any atom is 0.115 e. The SMILES string of the molecule is CN(c1ccc(O)cc1)c1cc(Cl)ccc1C#N. The third kappa shape index (κ3) is 2.39. The number of benzene rings is 2. The number of nitriles is 1. The van der Waals surface area contributed by atoms with Crippen LogP contribution in [0.1, 0.15) is 5.56 Å². The summed E-state index contributed by atoms with van der Waals surface area (Å²) in [7, 11) is 1.85. The Morgan fingerprint density at radius 2 is 1.83 bits per heavy atom. The smallest absolute Gasteiger partial charge is 0.115 e. The summed E-state index contributed by atoms with van der Waals surface area (Å²) in [4.78, 5) is 1.85. The highest BCUT2D eigenvalue weighted by Crippen LogP contribution is 2.30. The molecule has 0 aliphatic carbocycles. The van der Waals surface area contributed by atoms with Crippen molar-refractivity contribution in [3.8, 4) is 11.8 Å². The van der Waals surface area contributed by atoms with Crippen molar-refractivity contribution in [1.29, 1.82) is 5.26 Å². The maximum atomic E-state index is 9.26. The molecule has 0 aromatic heterocycles. The summed E-state index contributed by atoms with van der Waals surface area (Å²) >= 11 is 5.95. The van der Waals surface area contributed by atoms with Crippen LogP contribution in [0.4, 0.5) is 11.4 Å². The zero-order valence-electron chi connectivity index (χ0n) is 9.76. The number of halogens is 1. The Kier molecular flexibility index (Phi) is 3.40. The molecule has 0 saturated heterocycles. The monoisotopic (exact) mass is 258 g/mol. The van der Waals surface area contributed by atoms with E-state index in [-0.39, 0.29) is 5.75 Å². The summed E-state index contributed by atoms with van der Waals surface area (Å²) in [5, 5.41) is 18.9. The minimum atomic E-state index is 0.207. The minimum Gasteiger partial charge on any atom is -0.508 e. The second-order valence-corrected chi connectivity index (χ2v) is 4.29. The molecule has 3 nitrogen and oxygen atoms in total. The molecule has 90 valence electrons. The molecule has 2 rings (SSSR count). The molecular formula is C14H11ClN2O. The lowest BCUT2D eigenvalue weighted by Gasteiger charge is -2.20. The van der Waals surface area contributed by atoms with Crippen molar-refractivity contribution in [2.24, 2.45) is 0 Å². The molecule has 0 amide bonds. The number of hydrogen-bond acceptors (Lipinski definition) is 3. The van der Waals surface area contributed by atoms with E-state index >= 15 is 0 Å². The van der Waals surface area contributed by atoms with E-state index in [1.54, 1.807) is 42.5 Å². The molecule has 0 aliphatic heterocycles. The molecule has 0 fully saturated rings. The van der Waals surface area contributed by atoms with Crippen LogP contribution in [0.15, 0.2) is 42.5 Å². The van der Waals surface area contributed by atoms with Gasteiger partial charge in [-0.15, -0.1) is 0 Å². The first-order valence-electron chi connectivity index (χ1n) is 5.34. The Morgan fingerprint density at radius 3 is 2.44 bits per heavy atom. The molecule has 0 aliphatic rings. The number of phenolic OH excluding ortho intramolecular Hbond substituents is 1. The van der Waals surface area contributed by atoms with Crippen LogP contribution < -0.4 is 4.90 Å². The fourth-order valence-corrected chi connectivity index (χ4v) is 1.86. The van der Waals surface area contributed by atoms with Crippen LogP contribution in [0.2, 0.25) is 5.02 Å². The molecule has 0 heterocycles. The largest absolute Gasteiger partial charge is 0.508 e. The van der Waals surface area contributed by atoms with Gasteiger partial charge in [-0.3, -0.25) is 0 Å². The van der Waals surface area contributed by atoms with Crippen LogP contribution in [-0.2, 0) is 0 Å². The maximum absolute atomic E-state index is 9.26. The zero-order chi connectivity index (χ0) is 13.1. The third-order valence-corrected chi connectivity index (χ3v) is 2.91. The lowest BCUT2D eigenvalue weighted by molar-refractivity contribution is 0.475. The Hall–Kier alpha value is -2.18. The molecule has 4 heteroatoms. The topological polar surface area (TPSA) is 47.3 Å². The number of hydrogen-bond donors (Lipinski definition) is 1. The van der Waals surface area contributed by atoms with Gasteiger partial charge in [0.25, 0.3) is 0 Å². The Morgan fingerprint density at radius 1 is 1.17 bits per heavy atom.